The molecule has 132 valence electrons. The molecule has 0 heteroatoms. The molecule has 0 amide bonds. The van der Waals surface area contributed by atoms with E-state index in [9.17, 15) is 0 Å². The highest BCUT2D eigenvalue weighted by molar-refractivity contribution is 5.75. The molecule has 0 atom stereocenters. The Morgan fingerprint density at radius 1 is 0.960 bits per heavy atom. The van der Waals surface area contributed by atoms with Gasteiger partial charge in [0.25, 0.3) is 0 Å². The summed E-state index contributed by atoms with van der Waals surface area (Å²) in [5.74, 6) is 1.72. The van der Waals surface area contributed by atoms with Gasteiger partial charge in [0, 0.05) is 0 Å². The van der Waals surface area contributed by atoms with Gasteiger partial charge in [-0.25, -0.2) is 0 Å². The van der Waals surface area contributed by atoms with Crippen molar-refractivity contribution in [3.63, 3.8) is 0 Å². The van der Waals surface area contributed by atoms with Crippen molar-refractivity contribution in [2.24, 2.45) is 5.92 Å². The van der Waals surface area contributed by atoms with Crippen molar-refractivity contribution in [3.8, 4) is 11.1 Å². The van der Waals surface area contributed by atoms with Crippen LogP contribution in [0.3, 0.4) is 0 Å². The molecule has 0 radical (unpaired) electrons. The zero-order chi connectivity index (χ0) is 17.5. The lowest BCUT2D eigenvalue weighted by atomic mass is 9.76. The van der Waals surface area contributed by atoms with Crippen LogP contribution in [0.2, 0.25) is 0 Å². The van der Waals surface area contributed by atoms with E-state index >= 15 is 0 Å². The van der Waals surface area contributed by atoms with Gasteiger partial charge in [0.1, 0.15) is 0 Å². The second-order valence-electron chi connectivity index (χ2n) is 7.63. The summed E-state index contributed by atoms with van der Waals surface area (Å²) in [4.78, 5) is 0. The lowest BCUT2D eigenvalue weighted by Gasteiger charge is -2.29. The van der Waals surface area contributed by atoms with Crippen LogP contribution in [0.4, 0.5) is 0 Å². The third-order valence-electron chi connectivity index (χ3n) is 5.91. The van der Waals surface area contributed by atoms with Gasteiger partial charge in [0.2, 0.25) is 0 Å². The average molecular weight is 333 g/mol. The quantitative estimate of drug-likeness (QED) is 0.453. The Bertz CT molecular complexity index is 660. The normalized spacial score (nSPS) is 20.4. The SMILES string of the molecule is C=Cc1cc([C@H]2CC[C@H](CCCCC)CC2)ccc1-c1ccccc1. The van der Waals surface area contributed by atoms with Crippen LogP contribution in [-0.4, -0.2) is 0 Å². The molecular formula is C25H32. The largest absolute Gasteiger partial charge is 0.0984 e. The lowest BCUT2D eigenvalue weighted by Crippen LogP contribution is -2.13. The van der Waals surface area contributed by atoms with Gasteiger partial charge < -0.3 is 0 Å². The smallest absolute Gasteiger partial charge is 0.0111 e. The third-order valence-corrected chi connectivity index (χ3v) is 5.91. The van der Waals surface area contributed by atoms with Crippen LogP contribution in [0, 0.1) is 5.92 Å². The minimum atomic E-state index is 0.742. The molecule has 0 aromatic heterocycles. The van der Waals surface area contributed by atoms with E-state index in [0.717, 1.165) is 11.8 Å². The van der Waals surface area contributed by atoms with E-state index in [2.05, 4.69) is 62.0 Å². The van der Waals surface area contributed by atoms with Crippen LogP contribution in [0.25, 0.3) is 17.2 Å². The van der Waals surface area contributed by atoms with Gasteiger partial charge in [0.05, 0.1) is 0 Å². The van der Waals surface area contributed by atoms with Gasteiger partial charge in [-0.15, -0.1) is 0 Å². The molecule has 0 heterocycles. The maximum atomic E-state index is 4.06. The van der Waals surface area contributed by atoms with E-state index in [0.29, 0.717) is 0 Å². The maximum Gasteiger partial charge on any atom is -0.0111 e. The Morgan fingerprint density at radius 3 is 2.40 bits per heavy atom. The molecule has 2 aromatic carbocycles. The Kier molecular flexibility index (Phi) is 6.50. The molecule has 2 aromatic rings. The summed E-state index contributed by atoms with van der Waals surface area (Å²) >= 11 is 0. The van der Waals surface area contributed by atoms with E-state index in [-0.39, 0.29) is 0 Å². The van der Waals surface area contributed by atoms with Crippen molar-refractivity contribution in [1.82, 2.24) is 0 Å². The van der Waals surface area contributed by atoms with Gasteiger partial charge in [-0.05, 0) is 59.8 Å². The Morgan fingerprint density at radius 2 is 1.72 bits per heavy atom. The fourth-order valence-corrected chi connectivity index (χ4v) is 4.35. The molecule has 1 saturated carbocycles. The fourth-order valence-electron chi connectivity index (χ4n) is 4.35. The number of benzene rings is 2. The molecule has 3 rings (SSSR count). The van der Waals surface area contributed by atoms with Gasteiger partial charge in [0.15, 0.2) is 0 Å². The number of hydrogen-bond donors (Lipinski definition) is 0. The van der Waals surface area contributed by atoms with Crippen LogP contribution < -0.4 is 0 Å². The van der Waals surface area contributed by atoms with Crippen LogP contribution in [-0.2, 0) is 0 Å². The van der Waals surface area contributed by atoms with Crippen molar-refractivity contribution in [2.75, 3.05) is 0 Å². The topological polar surface area (TPSA) is 0 Å². The molecule has 0 saturated heterocycles. The molecule has 0 N–H and O–H groups in total. The summed E-state index contributed by atoms with van der Waals surface area (Å²) in [6.45, 7) is 6.36. The van der Waals surface area contributed by atoms with Crippen LogP contribution >= 0.6 is 0 Å². The minimum absolute atomic E-state index is 0.742. The predicted molar refractivity (Wildman–Crippen MR) is 111 cm³/mol. The van der Waals surface area contributed by atoms with Crippen LogP contribution in [0.5, 0.6) is 0 Å². The van der Waals surface area contributed by atoms with Crippen LogP contribution in [0.15, 0.2) is 55.1 Å². The lowest BCUT2D eigenvalue weighted by molar-refractivity contribution is 0.303. The molecule has 1 aliphatic carbocycles. The second-order valence-corrected chi connectivity index (χ2v) is 7.63. The van der Waals surface area contributed by atoms with Crippen molar-refractivity contribution < 1.29 is 0 Å². The Labute approximate surface area is 154 Å². The molecular weight excluding hydrogens is 300 g/mol. The molecule has 0 bridgehead atoms. The van der Waals surface area contributed by atoms with E-state index in [4.69, 9.17) is 0 Å². The standard InChI is InChI=1S/C25H32/c1-3-5-7-10-20-13-15-22(16-14-20)24-17-18-25(21(4-2)19-24)23-11-8-6-9-12-23/h4,6,8-9,11-12,17-20,22H,2-3,5,7,10,13-16H2,1H3/t20-,22-. The molecule has 25 heavy (non-hydrogen) atoms. The second kappa shape index (κ2) is 9.04. The van der Waals surface area contributed by atoms with Gasteiger partial charge in [-0.3, -0.25) is 0 Å². The number of hydrogen-bond acceptors (Lipinski definition) is 0. The van der Waals surface area contributed by atoms with Crippen molar-refractivity contribution in [3.05, 3.63) is 66.2 Å². The molecule has 0 unspecified atom stereocenters. The van der Waals surface area contributed by atoms with E-state index in [1.807, 2.05) is 6.08 Å². The minimum Gasteiger partial charge on any atom is -0.0984 e. The van der Waals surface area contributed by atoms with E-state index in [1.54, 1.807) is 0 Å². The zero-order valence-corrected chi connectivity index (χ0v) is 15.7. The predicted octanol–water partition coefficient (Wildman–Crippen LogP) is 7.85. The molecule has 0 aliphatic heterocycles. The summed E-state index contributed by atoms with van der Waals surface area (Å²) in [6, 6.07) is 17.7. The molecule has 1 aliphatic rings. The first-order valence-corrected chi connectivity index (χ1v) is 10.1. The summed E-state index contributed by atoms with van der Waals surface area (Å²) in [5.41, 5.74) is 5.37. The maximum absolute atomic E-state index is 4.06. The summed E-state index contributed by atoms with van der Waals surface area (Å²) < 4.78 is 0. The van der Waals surface area contributed by atoms with Gasteiger partial charge in [-0.1, -0.05) is 93.8 Å². The fraction of sp³-hybridized carbons (Fsp3) is 0.440. The monoisotopic (exact) mass is 332 g/mol. The number of unbranched alkanes of at least 4 members (excludes halogenated alkanes) is 2. The molecule has 0 spiro atoms. The van der Waals surface area contributed by atoms with Crippen LogP contribution in [0.1, 0.15) is 75.3 Å². The van der Waals surface area contributed by atoms with Crippen molar-refractivity contribution in [2.45, 2.75) is 64.2 Å². The van der Waals surface area contributed by atoms with Crippen molar-refractivity contribution >= 4 is 6.08 Å². The first-order valence-electron chi connectivity index (χ1n) is 10.1. The first-order chi connectivity index (χ1) is 12.3. The summed E-state index contributed by atoms with van der Waals surface area (Å²) in [5, 5.41) is 0. The molecule has 1 fully saturated rings. The number of rotatable bonds is 7. The van der Waals surface area contributed by atoms with Gasteiger partial charge >= 0.3 is 0 Å². The van der Waals surface area contributed by atoms with Gasteiger partial charge in [-0.2, -0.15) is 0 Å². The van der Waals surface area contributed by atoms with E-state index in [1.165, 1.54) is 73.6 Å². The zero-order valence-electron chi connectivity index (χ0n) is 15.7. The highest BCUT2D eigenvalue weighted by Crippen LogP contribution is 2.39. The highest BCUT2D eigenvalue weighted by atomic mass is 14.3. The highest BCUT2D eigenvalue weighted by Gasteiger charge is 2.22. The molecule has 0 nitrogen and oxygen atoms in total. The summed E-state index contributed by atoms with van der Waals surface area (Å²) in [6.07, 6.45) is 13.2. The van der Waals surface area contributed by atoms with Crippen molar-refractivity contribution in [1.29, 1.82) is 0 Å². The first kappa shape index (κ1) is 18.0. The Hall–Kier alpha value is -1.82. The van der Waals surface area contributed by atoms with E-state index < -0.39 is 0 Å². The third kappa shape index (κ3) is 4.63. The average Bonchev–Trinajstić information content (AvgIpc) is 2.69. The Balaban J connectivity index is 1.67. The summed E-state index contributed by atoms with van der Waals surface area (Å²) in [7, 11) is 0.